The van der Waals surface area contributed by atoms with Crippen LogP contribution in [0, 0.1) is 0 Å². The lowest BCUT2D eigenvalue weighted by atomic mass is 10.0. The van der Waals surface area contributed by atoms with Crippen LogP contribution in [0.3, 0.4) is 0 Å². The van der Waals surface area contributed by atoms with Gasteiger partial charge in [-0.15, -0.1) is 0 Å². The van der Waals surface area contributed by atoms with Crippen molar-refractivity contribution in [3.8, 4) is 0 Å². The molecule has 1 heterocycles. The van der Waals surface area contributed by atoms with Gasteiger partial charge >= 0.3 is 0 Å². The molecule has 1 saturated heterocycles. The second-order valence-corrected chi connectivity index (χ2v) is 8.61. The first-order valence-corrected chi connectivity index (χ1v) is 11.0. The number of hydrogen-bond donors (Lipinski definition) is 2. The van der Waals surface area contributed by atoms with E-state index in [4.69, 9.17) is 0 Å². The third kappa shape index (κ3) is 3.62. The monoisotopic (exact) mass is 399 g/mol. The Balaban J connectivity index is 1.30. The van der Waals surface area contributed by atoms with Crippen molar-refractivity contribution in [2.24, 2.45) is 0 Å². The van der Waals surface area contributed by atoms with Crippen molar-refractivity contribution < 1.29 is 4.79 Å². The highest BCUT2D eigenvalue weighted by Crippen LogP contribution is 2.31. The molecule has 0 bridgehead atoms. The van der Waals surface area contributed by atoms with E-state index in [-0.39, 0.29) is 11.9 Å². The molecular weight excluding hydrogens is 370 g/mol. The third-order valence-electron chi connectivity index (χ3n) is 6.85. The van der Waals surface area contributed by atoms with E-state index in [1.807, 2.05) is 0 Å². The van der Waals surface area contributed by atoms with Crippen LogP contribution in [0.1, 0.15) is 23.1 Å². The number of carbonyl (C=O) groups is 1. The van der Waals surface area contributed by atoms with Crippen LogP contribution in [-0.2, 0) is 24.2 Å². The second kappa shape index (κ2) is 8.21. The van der Waals surface area contributed by atoms with Gasteiger partial charge in [0.05, 0.1) is 6.04 Å². The molecule has 30 heavy (non-hydrogen) atoms. The predicted octanol–water partition coefficient (Wildman–Crippen LogP) is 3.29. The molecule has 0 saturated carbocycles. The van der Waals surface area contributed by atoms with Gasteiger partial charge in [-0.1, -0.05) is 66.7 Å². The average molecular weight is 400 g/mol. The van der Waals surface area contributed by atoms with E-state index in [0.29, 0.717) is 12.1 Å². The molecule has 0 spiro atoms. The van der Waals surface area contributed by atoms with Crippen molar-refractivity contribution in [2.75, 3.05) is 13.6 Å². The molecule has 0 unspecified atom stereocenters. The Kier molecular flexibility index (Phi) is 5.28. The Hall–Kier alpha value is -2.69. The summed E-state index contributed by atoms with van der Waals surface area (Å²) >= 11 is 0. The zero-order chi connectivity index (χ0) is 20.5. The molecule has 1 amide bonds. The van der Waals surface area contributed by atoms with E-state index < -0.39 is 0 Å². The summed E-state index contributed by atoms with van der Waals surface area (Å²) in [5, 5.41) is 9.22. The van der Waals surface area contributed by atoms with Crippen LogP contribution in [0.5, 0.6) is 0 Å². The highest BCUT2D eigenvalue weighted by atomic mass is 16.2. The first kappa shape index (κ1) is 19.3. The predicted molar refractivity (Wildman–Crippen MR) is 121 cm³/mol. The van der Waals surface area contributed by atoms with Gasteiger partial charge in [-0.05, 0) is 46.7 Å². The highest BCUT2D eigenvalue weighted by Gasteiger charge is 2.41. The number of likely N-dealkylation sites (tertiary alicyclic amines) is 1. The lowest BCUT2D eigenvalue weighted by Crippen LogP contribution is -2.47. The van der Waals surface area contributed by atoms with Gasteiger partial charge in [0.1, 0.15) is 0 Å². The lowest BCUT2D eigenvalue weighted by molar-refractivity contribution is -0.125. The summed E-state index contributed by atoms with van der Waals surface area (Å²) < 4.78 is 0. The van der Waals surface area contributed by atoms with Crippen molar-refractivity contribution in [1.82, 2.24) is 15.5 Å². The topological polar surface area (TPSA) is 44.4 Å². The van der Waals surface area contributed by atoms with Crippen LogP contribution in [0.2, 0.25) is 0 Å². The maximum atomic E-state index is 12.7. The smallest absolute Gasteiger partial charge is 0.237 e. The summed E-state index contributed by atoms with van der Waals surface area (Å²) in [5.41, 5.74) is 4.19. The fraction of sp³-hybridized carbons (Fsp3) is 0.346. The molecule has 2 atom stereocenters. The summed E-state index contributed by atoms with van der Waals surface area (Å²) in [6.45, 7) is 1.74. The van der Waals surface area contributed by atoms with Gasteiger partial charge in [-0.3, -0.25) is 9.69 Å². The normalized spacial score (nSPS) is 21.8. The van der Waals surface area contributed by atoms with Crippen molar-refractivity contribution in [3.05, 3.63) is 83.4 Å². The second-order valence-electron chi connectivity index (χ2n) is 8.61. The largest absolute Gasteiger partial charge is 0.358 e. The standard InChI is InChI=1S/C26H29N3O/c1-27-26(30)25-15-22(17-29(25)23-13-19-8-2-3-9-20(19)14-23)28-16-21-11-6-10-18-7-4-5-12-24(18)21/h2-12,22-23,25,28H,13-17H2,1H3,(H,27,30)/t22-,25-/m0/s1. The van der Waals surface area contributed by atoms with Gasteiger partial charge in [0.15, 0.2) is 0 Å². The van der Waals surface area contributed by atoms with Gasteiger partial charge in [0.25, 0.3) is 0 Å². The molecular formula is C26H29N3O. The van der Waals surface area contributed by atoms with E-state index in [9.17, 15) is 4.79 Å². The number of carbonyl (C=O) groups excluding carboxylic acids is 1. The number of likely N-dealkylation sites (N-methyl/N-ethyl adjacent to an activating group) is 1. The van der Waals surface area contributed by atoms with Crippen molar-refractivity contribution >= 4 is 16.7 Å². The van der Waals surface area contributed by atoms with Crippen LogP contribution in [0.4, 0.5) is 0 Å². The SMILES string of the molecule is CNC(=O)[C@@H]1C[C@H](NCc2cccc3ccccc23)CN1C1Cc2ccccc2C1. The number of rotatable bonds is 5. The minimum atomic E-state index is -0.0562. The van der Waals surface area contributed by atoms with Gasteiger partial charge in [0.2, 0.25) is 5.91 Å². The van der Waals surface area contributed by atoms with Crippen molar-refractivity contribution in [1.29, 1.82) is 0 Å². The fourth-order valence-corrected chi connectivity index (χ4v) is 5.31. The van der Waals surface area contributed by atoms with Gasteiger partial charge in [0, 0.05) is 32.2 Å². The summed E-state index contributed by atoms with van der Waals surface area (Å²) in [6, 6.07) is 24.4. The molecule has 154 valence electrons. The number of benzene rings is 3. The molecule has 2 N–H and O–H groups in total. The Morgan fingerprint density at radius 3 is 2.43 bits per heavy atom. The number of fused-ring (bicyclic) bond motifs is 2. The van der Waals surface area contributed by atoms with E-state index >= 15 is 0 Å². The molecule has 1 aliphatic heterocycles. The zero-order valence-electron chi connectivity index (χ0n) is 17.5. The first-order chi connectivity index (χ1) is 14.7. The molecule has 4 heteroatoms. The summed E-state index contributed by atoms with van der Waals surface area (Å²) in [4.78, 5) is 15.1. The van der Waals surface area contributed by atoms with Crippen LogP contribution >= 0.6 is 0 Å². The number of hydrogen-bond acceptors (Lipinski definition) is 3. The molecule has 4 nitrogen and oxygen atoms in total. The zero-order valence-corrected chi connectivity index (χ0v) is 17.5. The molecule has 1 aliphatic carbocycles. The van der Waals surface area contributed by atoms with E-state index in [1.165, 1.54) is 27.5 Å². The Bertz CT molecular complexity index is 1030. The number of nitrogens with one attached hydrogen (secondary N) is 2. The molecule has 3 aromatic rings. The number of amides is 1. The summed E-state index contributed by atoms with van der Waals surface area (Å²) in [5.74, 6) is 0.139. The molecule has 1 fully saturated rings. The van der Waals surface area contributed by atoms with Crippen LogP contribution in [0.25, 0.3) is 10.8 Å². The van der Waals surface area contributed by atoms with Crippen LogP contribution in [0.15, 0.2) is 66.7 Å². The van der Waals surface area contributed by atoms with Crippen molar-refractivity contribution in [2.45, 2.75) is 43.9 Å². The van der Waals surface area contributed by atoms with Gasteiger partial charge < -0.3 is 10.6 Å². The van der Waals surface area contributed by atoms with Crippen LogP contribution < -0.4 is 10.6 Å². The molecule has 2 aliphatic rings. The summed E-state index contributed by atoms with van der Waals surface area (Å²) in [6.07, 6.45) is 2.94. The van der Waals surface area contributed by atoms with Gasteiger partial charge in [-0.2, -0.15) is 0 Å². The maximum Gasteiger partial charge on any atom is 0.237 e. The highest BCUT2D eigenvalue weighted by molar-refractivity contribution is 5.85. The molecule has 0 aromatic heterocycles. The first-order valence-electron chi connectivity index (χ1n) is 11.0. The number of nitrogens with zero attached hydrogens (tertiary/aromatic N) is 1. The minimum Gasteiger partial charge on any atom is -0.358 e. The lowest BCUT2D eigenvalue weighted by Gasteiger charge is -2.29. The van der Waals surface area contributed by atoms with E-state index in [0.717, 1.165) is 32.4 Å². The maximum absolute atomic E-state index is 12.7. The Morgan fingerprint density at radius 1 is 0.967 bits per heavy atom. The Labute approximate surface area is 178 Å². The molecule has 3 aromatic carbocycles. The average Bonchev–Trinajstić information content (AvgIpc) is 3.41. The fourth-order valence-electron chi connectivity index (χ4n) is 5.31. The quantitative estimate of drug-likeness (QED) is 0.692. The van der Waals surface area contributed by atoms with E-state index in [2.05, 4.69) is 82.3 Å². The minimum absolute atomic E-state index is 0.0562. The molecule has 0 radical (unpaired) electrons. The van der Waals surface area contributed by atoms with Crippen molar-refractivity contribution in [3.63, 3.8) is 0 Å². The van der Waals surface area contributed by atoms with Gasteiger partial charge in [-0.25, -0.2) is 0 Å². The third-order valence-corrected chi connectivity index (χ3v) is 6.85. The van der Waals surface area contributed by atoms with Crippen LogP contribution in [-0.4, -0.2) is 42.5 Å². The molecule has 5 rings (SSSR count). The summed E-state index contributed by atoms with van der Waals surface area (Å²) in [7, 11) is 1.75. The Morgan fingerprint density at radius 2 is 1.67 bits per heavy atom. The van der Waals surface area contributed by atoms with E-state index in [1.54, 1.807) is 7.05 Å².